The van der Waals surface area contributed by atoms with Crippen molar-refractivity contribution in [3.63, 3.8) is 0 Å². The molecule has 2 heterocycles. The van der Waals surface area contributed by atoms with Crippen LogP contribution in [0.3, 0.4) is 0 Å². The molecule has 3 aromatic rings. The first kappa shape index (κ1) is 19.2. The number of esters is 1. The van der Waals surface area contributed by atoms with Gasteiger partial charge in [0.05, 0.1) is 35.5 Å². The Kier molecular flexibility index (Phi) is 6.02. The standard InChI is InChI=1S/C18H19N3O4S2/c1-4-25-17(23)16-10(2)7-15(27-16)21-14(22)9-26-18-19-12-6-5-11(24-3)8-13(12)20-18/h5-8H,4,9H2,1-3H3,(H,19,20)(H,21,22). The van der Waals surface area contributed by atoms with E-state index in [4.69, 9.17) is 9.47 Å². The number of aromatic amines is 1. The maximum atomic E-state index is 12.2. The van der Waals surface area contributed by atoms with Crippen molar-refractivity contribution in [2.75, 3.05) is 24.8 Å². The molecule has 0 aliphatic carbocycles. The van der Waals surface area contributed by atoms with E-state index in [2.05, 4.69) is 15.3 Å². The molecule has 0 unspecified atom stereocenters. The Morgan fingerprint density at radius 1 is 1.33 bits per heavy atom. The number of imidazole rings is 1. The highest BCUT2D eigenvalue weighted by Gasteiger charge is 2.16. The van der Waals surface area contributed by atoms with Crippen LogP contribution in [0.15, 0.2) is 29.4 Å². The lowest BCUT2D eigenvalue weighted by Gasteiger charge is -2.01. The number of anilines is 1. The second-order valence-corrected chi connectivity index (χ2v) is 7.62. The van der Waals surface area contributed by atoms with E-state index in [0.29, 0.717) is 21.6 Å². The third kappa shape index (κ3) is 4.61. The van der Waals surface area contributed by atoms with Gasteiger partial charge in [-0.2, -0.15) is 0 Å². The SMILES string of the molecule is CCOC(=O)c1sc(NC(=O)CSc2nc3ccc(OC)cc3[nH]2)cc1C. The number of amides is 1. The van der Waals surface area contributed by atoms with Gasteiger partial charge in [-0.25, -0.2) is 9.78 Å². The Balaban J connectivity index is 1.60. The molecule has 2 N–H and O–H groups in total. The second kappa shape index (κ2) is 8.45. The lowest BCUT2D eigenvalue weighted by Crippen LogP contribution is -2.13. The van der Waals surface area contributed by atoms with E-state index in [1.807, 2.05) is 25.1 Å². The van der Waals surface area contributed by atoms with Crippen molar-refractivity contribution in [1.29, 1.82) is 0 Å². The number of hydrogen-bond acceptors (Lipinski definition) is 7. The number of benzene rings is 1. The first-order chi connectivity index (χ1) is 13.0. The summed E-state index contributed by atoms with van der Waals surface area (Å²) in [6.07, 6.45) is 0. The number of methoxy groups -OCH3 is 1. The number of nitrogens with one attached hydrogen (secondary N) is 2. The number of H-pyrrole nitrogens is 1. The van der Waals surface area contributed by atoms with Crippen molar-refractivity contribution in [2.24, 2.45) is 0 Å². The van der Waals surface area contributed by atoms with Crippen LogP contribution in [-0.2, 0) is 9.53 Å². The number of thioether (sulfide) groups is 1. The number of hydrogen-bond donors (Lipinski definition) is 2. The normalized spacial score (nSPS) is 10.8. The number of ether oxygens (including phenoxy) is 2. The number of aryl methyl sites for hydroxylation is 1. The predicted octanol–water partition coefficient (Wildman–Crippen LogP) is 3.85. The maximum absolute atomic E-state index is 12.2. The van der Waals surface area contributed by atoms with Crippen LogP contribution in [0.5, 0.6) is 5.75 Å². The summed E-state index contributed by atoms with van der Waals surface area (Å²) in [5, 5.41) is 4.09. The molecule has 1 amide bonds. The summed E-state index contributed by atoms with van der Waals surface area (Å²) >= 11 is 2.52. The summed E-state index contributed by atoms with van der Waals surface area (Å²) < 4.78 is 10.2. The zero-order chi connectivity index (χ0) is 19.4. The van der Waals surface area contributed by atoms with Crippen LogP contribution in [0.1, 0.15) is 22.2 Å². The van der Waals surface area contributed by atoms with Gasteiger partial charge in [0.2, 0.25) is 5.91 Å². The zero-order valence-corrected chi connectivity index (χ0v) is 16.8. The van der Waals surface area contributed by atoms with Crippen LogP contribution in [0, 0.1) is 6.92 Å². The number of carbonyl (C=O) groups is 2. The minimum Gasteiger partial charge on any atom is -0.497 e. The molecular weight excluding hydrogens is 386 g/mol. The fraction of sp³-hybridized carbons (Fsp3) is 0.278. The van der Waals surface area contributed by atoms with Crippen molar-refractivity contribution >= 4 is 51.0 Å². The minimum absolute atomic E-state index is 0.172. The third-order valence-electron chi connectivity index (χ3n) is 3.65. The summed E-state index contributed by atoms with van der Waals surface area (Å²) in [7, 11) is 1.61. The Labute approximate surface area is 164 Å². The van der Waals surface area contributed by atoms with Crippen molar-refractivity contribution in [2.45, 2.75) is 19.0 Å². The second-order valence-electron chi connectivity index (χ2n) is 5.61. The van der Waals surface area contributed by atoms with Gasteiger partial charge < -0.3 is 19.8 Å². The van der Waals surface area contributed by atoms with Gasteiger partial charge in [0.1, 0.15) is 10.6 Å². The van der Waals surface area contributed by atoms with Crippen LogP contribution < -0.4 is 10.1 Å². The minimum atomic E-state index is -0.368. The average molecular weight is 406 g/mol. The molecule has 1 aromatic carbocycles. The highest BCUT2D eigenvalue weighted by Crippen LogP contribution is 2.28. The molecule has 0 atom stereocenters. The number of thiophene rings is 1. The van der Waals surface area contributed by atoms with E-state index in [0.717, 1.165) is 22.3 Å². The lowest BCUT2D eigenvalue weighted by molar-refractivity contribution is -0.113. The molecule has 0 aliphatic rings. The number of rotatable bonds is 7. The molecule has 0 bridgehead atoms. The Morgan fingerprint density at radius 3 is 2.89 bits per heavy atom. The van der Waals surface area contributed by atoms with Gasteiger partial charge in [-0.15, -0.1) is 11.3 Å². The Hall–Kier alpha value is -2.52. The molecule has 27 heavy (non-hydrogen) atoms. The molecule has 3 rings (SSSR count). The van der Waals surface area contributed by atoms with E-state index in [1.165, 1.54) is 23.1 Å². The molecule has 0 saturated carbocycles. The van der Waals surface area contributed by atoms with E-state index >= 15 is 0 Å². The van der Waals surface area contributed by atoms with Crippen LogP contribution in [0.4, 0.5) is 5.00 Å². The topological polar surface area (TPSA) is 93.3 Å². The highest BCUT2D eigenvalue weighted by atomic mass is 32.2. The quantitative estimate of drug-likeness (QED) is 0.458. The zero-order valence-electron chi connectivity index (χ0n) is 15.1. The van der Waals surface area contributed by atoms with Gasteiger partial charge in [-0.1, -0.05) is 11.8 Å². The third-order valence-corrected chi connectivity index (χ3v) is 5.65. The first-order valence-electron chi connectivity index (χ1n) is 8.24. The van der Waals surface area contributed by atoms with E-state index in [1.54, 1.807) is 20.1 Å². The Morgan fingerprint density at radius 2 is 2.15 bits per heavy atom. The van der Waals surface area contributed by atoms with E-state index in [9.17, 15) is 9.59 Å². The summed E-state index contributed by atoms with van der Waals surface area (Å²) in [6.45, 7) is 3.89. The van der Waals surface area contributed by atoms with Crippen molar-refractivity contribution in [3.05, 3.63) is 34.7 Å². The first-order valence-corrected chi connectivity index (χ1v) is 10.0. The Bertz CT molecular complexity index is 980. The highest BCUT2D eigenvalue weighted by molar-refractivity contribution is 7.99. The number of nitrogens with zero attached hydrogens (tertiary/aromatic N) is 1. The van der Waals surface area contributed by atoms with Crippen LogP contribution in [-0.4, -0.2) is 41.3 Å². The van der Waals surface area contributed by atoms with Gasteiger partial charge in [-0.3, -0.25) is 4.79 Å². The van der Waals surface area contributed by atoms with Gasteiger partial charge in [0.25, 0.3) is 0 Å². The van der Waals surface area contributed by atoms with Gasteiger partial charge in [-0.05, 0) is 37.6 Å². The summed E-state index contributed by atoms with van der Waals surface area (Å²) in [6, 6.07) is 7.33. The monoisotopic (exact) mass is 405 g/mol. The number of aromatic nitrogens is 2. The molecule has 9 heteroatoms. The molecule has 0 aliphatic heterocycles. The molecule has 0 fully saturated rings. The van der Waals surface area contributed by atoms with E-state index in [-0.39, 0.29) is 17.6 Å². The predicted molar refractivity (Wildman–Crippen MR) is 107 cm³/mol. The largest absolute Gasteiger partial charge is 0.497 e. The van der Waals surface area contributed by atoms with Crippen LogP contribution in [0.25, 0.3) is 11.0 Å². The molecule has 2 aromatic heterocycles. The molecule has 0 spiro atoms. The molecule has 0 saturated heterocycles. The number of fused-ring (bicyclic) bond motifs is 1. The van der Waals surface area contributed by atoms with Crippen LogP contribution in [0.2, 0.25) is 0 Å². The molecule has 0 radical (unpaired) electrons. The van der Waals surface area contributed by atoms with Gasteiger partial charge in [0, 0.05) is 6.07 Å². The fourth-order valence-electron chi connectivity index (χ4n) is 2.41. The maximum Gasteiger partial charge on any atom is 0.348 e. The molecular formula is C18H19N3O4S2. The van der Waals surface area contributed by atoms with Crippen molar-refractivity contribution in [1.82, 2.24) is 9.97 Å². The molecule has 7 nitrogen and oxygen atoms in total. The summed E-state index contributed by atoms with van der Waals surface area (Å²) in [5.74, 6) is 0.399. The smallest absolute Gasteiger partial charge is 0.348 e. The fourth-order valence-corrected chi connectivity index (χ4v) is 4.08. The number of carbonyl (C=O) groups excluding carboxylic acids is 2. The van der Waals surface area contributed by atoms with Crippen molar-refractivity contribution in [3.8, 4) is 5.75 Å². The van der Waals surface area contributed by atoms with Crippen LogP contribution >= 0.6 is 23.1 Å². The van der Waals surface area contributed by atoms with Crippen molar-refractivity contribution < 1.29 is 19.1 Å². The summed E-state index contributed by atoms with van der Waals surface area (Å²) in [4.78, 5) is 32.2. The van der Waals surface area contributed by atoms with E-state index < -0.39 is 0 Å². The summed E-state index contributed by atoms with van der Waals surface area (Å²) in [5.41, 5.74) is 2.45. The van der Waals surface area contributed by atoms with Gasteiger partial charge >= 0.3 is 5.97 Å². The van der Waals surface area contributed by atoms with Gasteiger partial charge in [0.15, 0.2) is 5.16 Å². The molecule has 142 valence electrons. The lowest BCUT2D eigenvalue weighted by atomic mass is 10.3. The average Bonchev–Trinajstić information content (AvgIpc) is 3.22.